The molecule has 0 saturated carbocycles. The van der Waals surface area contributed by atoms with Crippen LogP contribution < -0.4 is 0 Å². The summed E-state index contributed by atoms with van der Waals surface area (Å²) in [5, 5.41) is 0.919. The summed E-state index contributed by atoms with van der Waals surface area (Å²) in [4.78, 5) is 3.27. The lowest BCUT2D eigenvalue weighted by Crippen LogP contribution is -1.97. The summed E-state index contributed by atoms with van der Waals surface area (Å²) in [6.07, 6.45) is 2.95. The zero-order valence-electron chi connectivity index (χ0n) is 7.11. The molecule has 0 radical (unpaired) electrons. The molecule has 3 nitrogen and oxygen atoms in total. The highest BCUT2D eigenvalue weighted by atomic mass is 32.2. The molecular formula is C9H9NO2S. The maximum Gasteiger partial charge on any atom is 0.177 e. The first kappa shape index (κ1) is 8.31. The largest absolute Gasteiger partial charge is 0.360 e. The molecule has 0 aliphatic heterocycles. The third kappa shape index (κ3) is 1.33. The Hall–Kier alpha value is -1.29. The Kier molecular flexibility index (Phi) is 1.66. The van der Waals surface area contributed by atoms with Gasteiger partial charge in [0, 0.05) is 17.8 Å². The lowest BCUT2D eigenvalue weighted by atomic mass is 10.2. The molecule has 0 bridgehead atoms. The van der Waals surface area contributed by atoms with E-state index in [-0.39, 0.29) is 0 Å². The second-order valence-corrected chi connectivity index (χ2v) is 4.95. The fourth-order valence-corrected chi connectivity index (χ4v) is 2.24. The molecule has 13 heavy (non-hydrogen) atoms. The van der Waals surface area contributed by atoms with Crippen molar-refractivity contribution in [2.75, 3.05) is 6.26 Å². The highest BCUT2D eigenvalue weighted by Gasteiger charge is 2.11. The third-order valence-corrected chi connectivity index (χ3v) is 3.09. The molecule has 1 aromatic carbocycles. The van der Waals surface area contributed by atoms with Gasteiger partial charge in [-0.1, -0.05) is 12.1 Å². The van der Waals surface area contributed by atoms with Crippen molar-refractivity contribution in [1.29, 1.82) is 0 Å². The summed E-state index contributed by atoms with van der Waals surface area (Å²) >= 11 is 0. The number of rotatable bonds is 1. The number of nitrogens with one attached hydrogen (secondary N) is 1. The van der Waals surface area contributed by atoms with E-state index in [1.165, 1.54) is 6.26 Å². The van der Waals surface area contributed by atoms with Crippen molar-refractivity contribution >= 4 is 20.7 Å². The monoisotopic (exact) mass is 195 g/mol. The predicted octanol–water partition coefficient (Wildman–Crippen LogP) is 1.57. The van der Waals surface area contributed by atoms with Crippen molar-refractivity contribution < 1.29 is 8.42 Å². The standard InChI is InChI=1S/C9H9NO2S/c1-13(11,12)8-4-2-3-7-5-6-10-9(7)8/h2-6,10H,1H3. The smallest absolute Gasteiger partial charge is 0.177 e. The minimum Gasteiger partial charge on any atom is -0.360 e. The van der Waals surface area contributed by atoms with E-state index in [4.69, 9.17) is 0 Å². The molecule has 0 aliphatic rings. The van der Waals surface area contributed by atoms with E-state index in [0.29, 0.717) is 10.4 Å². The van der Waals surface area contributed by atoms with Crippen molar-refractivity contribution in [2.24, 2.45) is 0 Å². The van der Waals surface area contributed by atoms with Crippen LogP contribution in [0.2, 0.25) is 0 Å². The summed E-state index contributed by atoms with van der Waals surface area (Å²) in [5.41, 5.74) is 0.685. The van der Waals surface area contributed by atoms with Crippen molar-refractivity contribution in [1.82, 2.24) is 4.98 Å². The maximum absolute atomic E-state index is 11.3. The van der Waals surface area contributed by atoms with Crippen molar-refractivity contribution in [3.05, 3.63) is 30.5 Å². The van der Waals surface area contributed by atoms with Gasteiger partial charge >= 0.3 is 0 Å². The Morgan fingerprint density at radius 1 is 1.23 bits per heavy atom. The Morgan fingerprint density at radius 2 is 2.00 bits per heavy atom. The van der Waals surface area contributed by atoms with E-state index in [2.05, 4.69) is 4.98 Å². The summed E-state index contributed by atoms with van der Waals surface area (Å²) in [7, 11) is -3.13. The summed E-state index contributed by atoms with van der Waals surface area (Å²) in [6.45, 7) is 0. The van der Waals surface area contributed by atoms with Crippen LogP contribution in [0.3, 0.4) is 0 Å². The molecule has 0 aliphatic carbocycles. The molecule has 0 amide bonds. The van der Waals surface area contributed by atoms with Crippen LogP contribution in [0, 0.1) is 0 Å². The number of hydrogen-bond acceptors (Lipinski definition) is 2. The fourth-order valence-electron chi connectivity index (χ4n) is 1.37. The van der Waals surface area contributed by atoms with E-state index in [1.807, 2.05) is 12.1 Å². The molecule has 0 atom stereocenters. The van der Waals surface area contributed by atoms with Gasteiger partial charge in [-0.05, 0) is 12.1 Å². The van der Waals surface area contributed by atoms with Crippen LogP contribution in [0.5, 0.6) is 0 Å². The molecule has 0 spiro atoms. The molecular weight excluding hydrogens is 186 g/mol. The first-order valence-electron chi connectivity index (χ1n) is 3.85. The number of sulfone groups is 1. The van der Waals surface area contributed by atoms with Gasteiger partial charge in [0.2, 0.25) is 0 Å². The SMILES string of the molecule is CS(=O)(=O)c1cccc2cc[nH]c12. The van der Waals surface area contributed by atoms with Crippen LogP contribution in [0.4, 0.5) is 0 Å². The highest BCUT2D eigenvalue weighted by Crippen LogP contribution is 2.20. The van der Waals surface area contributed by atoms with Gasteiger partial charge < -0.3 is 4.98 Å². The fraction of sp³-hybridized carbons (Fsp3) is 0.111. The van der Waals surface area contributed by atoms with E-state index in [0.717, 1.165) is 5.39 Å². The van der Waals surface area contributed by atoms with Crippen LogP contribution in [-0.4, -0.2) is 19.7 Å². The Bertz CT molecular complexity index is 539. The normalized spacial score (nSPS) is 12.1. The van der Waals surface area contributed by atoms with Crippen LogP contribution in [0.1, 0.15) is 0 Å². The van der Waals surface area contributed by atoms with Crippen LogP contribution in [-0.2, 0) is 9.84 Å². The van der Waals surface area contributed by atoms with E-state index < -0.39 is 9.84 Å². The van der Waals surface area contributed by atoms with Gasteiger partial charge in [0.25, 0.3) is 0 Å². The average molecular weight is 195 g/mol. The van der Waals surface area contributed by atoms with Gasteiger partial charge in [0.1, 0.15) is 0 Å². The zero-order chi connectivity index (χ0) is 9.47. The predicted molar refractivity (Wildman–Crippen MR) is 51.4 cm³/mol. The third-order valence-electron chi connectivity index (χ3n) is 1.95. The Labute approximate surface area is 76.3 Å². The summed E-state index contributed by atoms with van der Waals surface area (Å²) in [5.74, 6) is 0. The second-order valence-electron chi connectivity index (χ2n) is 2.97. The molecule has 4 heteroatoms. The van der Waals surface area contributed by atoms with E-state index >= 15 is 0 Å². The van der Waals surface area contributed by atoms with Crippen molar-refractivity contribution in [3.63, 3.8) is 0 Å². The quantitative estimate of drug-likeness (QED) is 0.750. The first-order chi connectivity index (χ1) is 6.09. The Morgan fingerprint density at radius 3 is 2.69 bits per heavy atom. The maximum atomic E-state index is 11.3. The lowest BCUT2D eigenvalue weighted by molar-refractivity contribution is 0.602. The number of H-pyrrole nitrogens is 1. The summed E-state index contributed by atoms with van der Waals surface area (Å²) < 4.78 is 22.6. The number of benzene rings is 1. The molecule has 0 unspecified atom stereocenters. The topological polar surface area (TPSA) is 49.9 Å². The van der Waals surface area contributed by atoms with Crippen molar-refractivity contribution in [3.8, 4) is 0 Å². The number of fused-ring (bicyclic) bond motifs is 1. The minimum absolute atomic E-state index is 0.356. The Balaban J connectivity index is 2.91. The highest BCUT2D eigenvalue weighted by molar-refractivity contribution is 7.91. The average Bonchev–Trinajstić information content (AvgIpc) is 2.48. The number of aromatic nitrogens is 1. The van der Waals surface area contributed by atoms with Gasteiger partial charge in [0.05, 0.1) is 10.4 Å². The lowest BCUT2D eigenvalue weighted by Gasteiger charge is -1.99. The van der Waals surface area contributed by atoms with Gasteiger partial charge in [-0.3, -0.25) is 0 Å². The second kappa shape index (κ2) is 2.60. The van der Waals surface area contributed by atoms with Crippen LogP contribution in [0.15, 0.2) is 35.4 Å². The molecule has 2 rings (SSSR count). The molecule has 2 aromatic rings. The molecule has 0 saturated heterocycles. The zero-order valence-corrected chi connectivity index (χ0v) is 7.93. The van der Waals surface area contributed by atoms with Gasteiger partial charge in [0.15, 0.2) is 9.84 Å². The molecule has 1 N–H and O–H groups in total. The van der Waals surface area contributed by atoms with Gasteiger partial charge in [-0.25, -0.2) is 8.42 Å². The summed E-state index contributed by atoms with van der Waals surface area (Å²) in [6, 6.07) is 7.07. The van der Waals surface area contributed by atoms with Gasteiger partial charge in [-0.15, -0.1) is 0 Å². The van der Waals surface area contributed by atoms with E-state index in [1.54, 1.807) is 18.3 Å². The first-order valence-corrected chi connectivity index (χ1v) is 5.74. The number of hydrogen-bond donors (Lipinski definition) is 1. The number of para-hydroxylation sites is 1. The van der Waals surface area contributed by atoms with Gasteiger partial charge in [-0.2, -0.15) is 0 Å². The van der Waals surface area contributed by atoms with Crippen LogP contribution in [0.25, 0.3) is 10.9 Å². The van der Waals surface area contributed by atoms with Crippen molar-refractivity contribution in [2.45, 2.75) is 4.90 Å². The molecule has 68 valence electrons. The molecule has 0 fully saturated rings. The van der Waals surface area contributed by atoms with Crippen LogP contribution >= 0.6 is 0 Å². The number of aromatic amines is 1. The minimum atomic E-state index is -3.13. The molecule has 1 heterocycles. The molecule has 1 aromatic heterocycles. The van der Waals surface area contributed by atoms with E-state index in [9.17, 15) is 8.42 Å².